The van der Waals surface area contributed by atoms with Crippen LogP contribution in [0.25, 0.3) is 0 Å². The topological polar surface area (TPSA) is 70.6 Å². The monoisotopic (exact) mass is 386 g/mol. The molecule has 6 nitrogen and oxygen atoms in total. The smallest absolute Gasteiger partial charge is 0.187 e. The molecule has 1 N–H and O–H groups in total. The van der Waals surface area contributed by atoms with Gasteiger partial charge in [0.05, 0.1) is 18.1 Å². The van der Waals surface area contributed by atoms with Crippen LogP contribution in [0.4, 0.5) is 0 Å². The molecular weight excluding hydrogens is 368 g/mol. The first-order valence-corrected chi connectivity index (χ1v) is 9.92. The van der Waals surface area contributed by atoms with Crippen LogP contribution in [-0.2, 0) is 13.0 Å². The molecule has 0 fully saturated rings. The van der Waals surface area contributed by atoms with Crippen molar-refractivity contribution < 1.29 is 0 Å². The Morgan fingerprint density at radius 1 is 1.19 bits per heavy atom. The number of pyridine rings is 1. The lowest BCUT2D eigenvalue weighted by molar-refractivity contribution is 0.199. The average Bonchev–Trinajstić information content (AvgIpc) is 3.13. The van der Waals surface area contributed by atoms with Crippen LogP contribution in [0, 0.1) is 0 Å². The molecule has 0 bridgehead atoms. The fraction of sp³-hybridized carbons (Fsp3) is 0.333. The minimum Gasteiger partial charge on any atom is -0.348 e. The SMILES string of the molecule is CCSc1ncc(CN2CCc3[nH]cnc3[C@@H]2c2ccc(Cl)nc2)cn1. The molecule has 3 aromatic heterocycles. The van der Waals surface area contributed by atoms with Gasteiger partial charge in [-0.2, -0.15) is 0 Å². The molecule has 0 saturated heterocycles. The second-order valence-electron chi connectivity index (χ2n) is 6.11. The molecule has 0 unspecified atom stereocenters. The van der Waals surface area contributed by atoms with Crippen molar-refractivity contribution in [3.63, 3.8) is 0 Å². The maximum Gasteiger partial charge on any atom is 0.187 e. The van der Waals surface area contributed by atoms with E-state index in [0.29, 0.717) is 5.15 Å². The minimum atomic E-state index is 0.0412. The van der Waals surface area contributed by atoms with E-state index in [1.54, 1.807) is 18.1 Å². The lowest BCUT2D eigenvalue weighted by Crippen LogP contribution is -2.36. The first kappa shape index (κ1) is 17.5. The fourth-order valence-corrected chi connectivity index (χ4v) is 3.90. The highest BCUT2D eigenvalue weighted by molar-refractivity contribution is 7.99. The van der Waals surface area contributed by atoms with Gasteiger partial charge in [-0.3, -0.25) is 4.90 Å². The third-order valence-electron chi connectivity index (χ3n) is 4.43. The van der Waals surface area contributed by atoms with Crippen molar-refractivity contribution in [3.05, 3.63) is 64.7 Å². The van der Waals surface area contributed by atoms with E-state index in [-0.39, 0.29) is 6.04 Å². The summed E-state index contributed by atoms with van der Waals surface area (Å²) in [4.78, 5) is 23.4. The number of rotatable bonds is 5. The number of aromatic amines is 1. The van der Waals surface area contributed by atoms with E-state index in [4.69, 9.17) is 11.6 Å². The first-order chi connectivity index (χ1) is 12.7. The average molecular weight is 387 g/mol. The molecule has 1 aliphatic rings. The van der Waals surface area contributed by atoms with Crippen LogP contribution >= 0.6 is 23.4 Å². The van der Waals surface area contributed by atoms with Crippen molar-refractivity contribution in [1.82, 2.24) is 29.8 Å². The Labute approximate surface area is 161 Å². The van der Waals surface area contributed by atoms with Crippen molar-refractivity contribution in [2.45, 2.75) is 31.1 Å². The summed E-state index contributed by atoms with van der Waals surface area (Å²) in [5, 5.41) is 1.32. The number of nitrogens with one attached hydrogen (secondary N) is 1. The van der Waals surface area contributed by atoms with Crippen LogP contribution in [0.15, 0.2) is 42.2 Å². The number of hydrogen-bond acceptors (Lipinski definition) is 6. The van der Waals surface area contributed by atoms with E-state index < -0.39 is 0 Å². The van der Waals surface area contributed by atoms with E-state index in [1.165, 1.54) is 5.69 Å². The standard InChI is InChI=1S/C18H19ClN6S/c1-2-26-18-21-7-12(8-22-18)10-25-6-5-14-16(24-11-23-14)17(25)13-3-4-15(19)20-9-13/h3-4,7-9,11,17H,2,5-6,10H2,1H3,(H,23,24)/t17-/m0/s1. The van der Waals surface area contributed by atoms with Crippen molar-refractivity contribution in [3.8, 4) is 0 Å². The molecule has 26 heavy (non-hydrogen) atoms. The van der Waals surface area contributed by atoms with E-state index >= 15 is 0 Å². The Morgan fingerprint density at radius 2 is 2.04 bits per heavy atom. The van der Waals surface area contributed by atoms with Gasteiger partial charge in [-0.05, 0) is 17.4 Å². The molecule has 3 aromatic rings. The van der Waals surface area contributed by atoms with Gasteiger partial charge in [-0.25, -0.2) is 19.9 Å². The lowest BCUT2D eigenvalue weighted by Gasteiger charge is -2.35. The van der Waals surface area contributed by atoms with E-state index in [9.17, 15) is 0 Å². The number of nitrogens with zero attached hydrogens (tertiary/aromatic N) is 5. The van der Waals surface area contributed by atoms with E-state index in [0.717, 1.165) is 47.2 Å². The molecule has 1 atom stereocenters. The van der Waals surface area contributed by atoms with Gasteiger partial charge in [0, 0.05) is 49.4 Å². The van der Waals surface area contributed by atoms with Crippen LogP contribution in [0.3, 0.4) is 0 Å². The number of imidazole rings is 1. The van der Waals surface area contributed by atoms with Crippen LogP contribution < -0.4 is 0 Å². The summed E-state index contributed by atoms with van der Waals surface area (Å²) in [5.41, 5.74) is 4.42. The van der Waals surface area contributed by atoms with Crippen LogP contribution in [0.2, 0.25) is 5.15 Å². The maximum absolute atomic E-state index is 5.97. The third-order valence-corrected chi connectivity index (χ3v) is 5.41. The largest absolute Gasteiger partial charge is 0.348 e. The molecule has 0 saturated carbocycles. The fourth-order valence-electron chi connectivity index (χ4n) is 3.28. The molecule has 0 radical (unpaired) electrons. The molecule has 134 valence electrons. The van der Waals surface area contributed by atoms with Crippen LogP contribution in [0.1, 0.15) is 35.5 Å². The number of fused-ring (bicyclic) bond motifs is 1. The van der Waals surface area contributed by atoms with Crippen molar-refractivity contribution >= 4 is 23.4 Å². The molecule has 1 aliphatic heterocycles. The molecule has 0 aliphatic carbocycles. The predicted molar refractivity (Wildman–Crippen MR) is 102 cm³/mol. The molecule has 4 heterocycles. The summed E-state index contributed by atoms with van der Waals surface area (Å²) in [6, 6.07) is 3.89. The summed E-state index contributed by atoms with van der Waals surface area (Å²) >= 11 is 7.62. The maximum atomic E-state index is 5.97. The number of hydrogen-bond donors (Lipinski definition) is 1. The summed E-state index contributed by atoms with van der Waals surface area (Å²) in [7, 11) is 0. The highest BCUT2D eigenvalue weighted by Gasteiger charge is 2.31. The molecule has 0 spiro atoms. The van der Waals surface area contributed by atoms with Gasteiger partial charge in [-0.15, -0.1) is 0 Å². The molecular formula is C18H19ClN6S. The highest BCUT2D eigenvalue weighted by atomic mass is 35.5. The van der Waals surface area contributed by atoms with Crippen LogP contribution in [0.5, 0.6) is 0 Å². The first-order valence-electron chi connectivity index (χ1n) is 8.56. The quantitative estimate of drug-likeness (QED) is 0.411. The van der Waals surface area contributed by atoms with Gasteiger partial charge in [0.15, 0.2) is 5.16 Å². The van der Waals surface area contributed by atoms with E-state index in [2.05, 4.69) is 36.7 Å². The Balaban J connectivity index is 1.62. The summed E-state index contributed by atoms with van der Waals surface area (Å²) in [5.74, 6) is 0.971. The second-order valence-corrected chi connectivity index (χ2v) is 7.73. The molecule has 0 aromatic carbocycles. The lowest BCUT2D eigenvalue weighted by atomic mass is 9.96. The Bertz CT molecular complexity index is 864. The molecule has 4 rings (SSSR count). The van der Waals surface area contributed by atoms with Gasteiger partial charge >= 0.3 is 0 Å². The van der Waals surface area contributed by atoms with Gasteiger partial charge in [0.25, 0.3) is 0 Å². The number of aromatic nitrogens is 5. The normalized spacial score (nSPS) is 17.2. The van der Waals surface area contributed by atoms with Crippen molar-refractivity contribution in [2.24, 2.45) is 0 Å². The van der Waals surface area contributed by atoms with Gasteiger partial charge in [0.2, 0.25) is 0 Å². The van der Waals surface area contributed by atoms with Crippen molar-refractivity contribution in [2.75, 3.05) is 12.3 Å². The zero-order valence-electron chi connectivity index (χ0n) is 14.4. The summed E-state index contributed by atoms with van der Waals surface area (Å²) < 4.78 is 0. The summed E-state index contributed by atoms with van der Waals surface area (Å²) in [6.45, 7) is 3.78. The zero-order valence-corrected chi connectivity index (χ0v) is 16.0. The number of thioether (sulfide) groups is 1. The molecule has 0 amide bonds. The number of halogens is 1. The zero-order chi connectivity index (χ0) is 17.9. The van der Waals surface area contributed by atoms with Crippen LogP contribution in [-0.4, -0.2) is 42.1 Å². The van der Waals surface area contributed by atoms with Gasteiger partial charge < -0.3 is 4.98 Å². The minimum absolute atomic E-state index is 0.0412. The summed E-state index contributed by atoms with van der Waals surface area (Å²) in [6.07, 6.45) is 8.38. The van der Waals surface area contributed by atoms with E-state index in [1.807, 2.05) is 30.7 Å². The second kappa shape index (κ2) is 7.73. The third kappa shape index (κ3) is 3.60. The highest BCUT2D eigenvalue weighted by Crippen LogP contribution is 2.34. The van der Waals surface area contributed by atoms with Crippen molar-refractivity contribution in [1.29, 1.82) is 0 Å². The Hall–Kier alpha value is -1.96. The Kier molecular flexibility index (Phi) is 5.19. The molecule has 8 heteroatoms. The number of H-pyrrole nitrogens is 1. The Morgan fingerprint density at radius 3 is 2.77 bits per heavy atom. The van der Waals surface area contributed by atoms with Gasteiger partial charge in [-0.1, -0.05) is 36.4 Å². The predicted octanol–water partition coefficient (Wildman–Crippen LogP) is 3.51. The van der Waals surface area contributed by atoms with Gasteiger partial charge in [0.1, 0.15) is 5.15 Å².